The number of carbonyl (C=O) groups is 1. The molecule has 0 aliphatic heterocycles. The minimum atomic E-state index is -0.0181. The van der Waals surface area contributed by atoms with E-state index in [1.165, 1.54) is 39.1 Å². The van der Waals surface area contributed by atoms with Crippen LogP contribution in [0.25, 0.3) is 43.9 Å². The molecular weight excluding hydrogens is 831 g/mol. The number of aliphatic hydroxyl groups excluding tert-OH is 1. The summed E-state index contributed by atoms with van der Waals surface area (Å²) in [4.78, 5) is 17.1. The third-order valence-corrected chi connectivity index (χ3v) is 11.7. The zero-order chi connectivity index (χ0) is 38.3. The van der Waals surface area contributed by atoms with Gasteiger partial charge in [-0.05, 0) is 80.4 Å². The third-order valence-electron chi connectivity index (χ3n) is 11.7. The van der Waals surface area contributed by atoms with Crippen molar-refractivity contribution in [3.63, 3.8) is 0 Å². The number of hydrogen-bond donors (Lipinski definition) is 1. The Morgan fingerprint density at radius 1 is 0.906 bits per heavy atom. The van der Waals surface area contributed by atoms with Gasteiger partial charge in [0.2, 0.25) is 0 Å². The van der Waals surface area contributed by atoms with E-state index in [4.69, 9.17) is 9.40 Å². The average Bonchev–Trinajstić information content (AvgIpc) is 3.50. The predicted octanol–water partition coefficient (Wildman–Crippen LogP) is 13.7. The minimum Gasteiger partial charge on any atom is -0.512 e. The Hall–Kier alpha value is -3.27. The molecule has 1 aliphatic carbocycles. The van der Waals surface area contributed by atoms with Crippen LogP contribution in [0.4, 0.5) is 0 Å². The maximum atomic E-state index is 11.7. The van der Waals surface area contributed by atoms with Crippen LogP contribution in [-0.4, -0.2) is 15.9 Å². The first-order valence-corrected chi connectivity index (χ1v) is 19.7. The van der Waals surface area contributed by atoms with Gasteiger partial charge in [0.25, 0.3) is 0 Å². The molecule has 0 atom stereocenters. The van der Waals surface area contributed by atoms with Crippen LogP contribution in [-0.2, 0) is 41.1 Å². The van der Waals surface area contributed by atoms with Crippen LogP contribution in [0.5, 0.6) is 0 Å². The maximum absolute atomic E-state index is 11.7. The number of fused-ring (bicyclic) bond motifs is 6. The van der Waals surface area contributed by atoms with Gasteiger partial charge in [-0.3, -0.25) is 9.78 Å². The number of aryl methyl sites for hydroxylation is 2. The SMILES string of the molecule is CCC(CC)C(=O)/C=C(\O)C(CC)CC.Cc1cc(C)c2c(c1)nc(-c1[c-]c3ccccc3c(C(C)(C)C)c1)c1c3c(oc12)C(C)(C)CCC3(C)C.[Ir]. The third kappa shape index (κ3) is 8.37. The van der Waals surface area contributed by atoms with Gasteiger partial charge in [0.15, 0.2) is 5.78 Å². The first-order valence-electron chi connectivity index (χ1n) is 19.7. The van der Waals surface area contributed by atoms with Crippen LogP contribution in [0.3, 0.4) is 0 Å². The second-order valence-electron chi connectivity index (χ2n) is 17.6. The largest absolute Gasteiger partial charge is 0.512 e. The molecule has 3 aromatic carbocycles. The van der Waals surface area contributed by atoms with Crippen molar-refractivity contribution in [2.45, 2.75) is 145 Å². The Morgan fingerprint density at radius 3 is 2.11 bits per heavy atom. The summed E-state index contributed by atoms with van der Waals surface area (Å²) in [6, 6.07) is 19.2. The molecule has 6 rings (SSSR count). The molecule has 2 heterocycles. The monoisotopic (exact) mass is 893 g/mol. The minimum absolute atomic E-state index is 0. The molecule has 0 bridgehead atoms. The fourth-order valence-corrected chi connectivity index (χ4v) is 8.28. The Morgan fingerprint density at radius 2 is 1.51 bits per heavy atom. The standard InChI is InChI=1S/C35H38NO.C13H24O2.Ir/c1-20-16-21(2)27-26(17-20)36-30(23-18-22-12-10-11-13-24(22)25(19-23)33(3,4)5)28-29-32(37-31(27)28)35(8,9)15-14-34(29,6)7;1-5-10(6-2)12(14)9-13(15)11(7-3)8-4;/h10-13,16-17,19H,14-15H2,1-9H3;9-11,14H,5-8H2,1-4H3;/q-1;;/b;12-9-;. The number of aromatic nitrogens is 1. The molecule has 4 nitrogen and oxygen atoms in total. The van der Waals surface area contributed by atoms with Crippen LogP contribution in [0.1, 0.15) is 143 Å². The summed E-state index contributed by atoms with van der Waals surface area (Å²) in [6.07, 6.45) is 7.14. The predicted molar refractivity (Wildman–Crippen MR) is 221 cm³/mol. The normalized spacial score (nSPS) is 15.4. The van der Waals surface area contributed by atoms with Gasteiger partial charge < -0.3 is 9.52 Å². The van der Waals surface area contributed by atoms with E-state index in [0.717, 1.165) is 77.4 Å². The molecule has 53 heavy (non-hydrogen) atoms. The summed E-state index contributed by atoms with van der Waals surface area (Å²) in [5.74, 6) is 1.68. The summed E-state index contributed by atoms with van der Waals surface area (Å²) in [5.41, 5.74) is 9.12. The van der Waals surface area contributed by atoms with Gasteiger partial charge in [-0.1, -0.05) is 111 Å². The zero-order valence-electron chi connectivity index (χ0n) is 34.6. The second-order valence-corrected chi connectivity index (χ2v) is 17.6. The topological polar surface area (TPSA) is 63.3 Å². The molecule has 1 N–H and O–H groups in total. The average molecular weight is 893 g/mol. The first kappa shape index (κ1) is 42.5. The zero-order valence-corrected chi connectivity index (χ0v) is 37.0. The summed E-state index contributed by atoms with van der Waals surface area (Å²) in [7, 11) is 0. The van der Waals surface area contributed by atoms with Crippen LogP contribution >= 0.6 is 0 Å². The van der Waals surface area contributed by atoms with Gasteiger partial charge in [0, 0.05) is 65.5 Å². The number of hydrogen-bond acceptors (Lipinski definition) is 4. The number of allylic oxidation sites excluding steroid dienone is 2. The van der Waals surface area contributed by atoms with Crippen LogP contribution < -0.4 is 0 Å². The van der Waals surface area contributed by atoms with Gasteiger partial charge in [-0.15, -0.1) is 29.1 Å². The van der Waals surface area contributed by atoms with Crippen molar-refractivity contribution in [3.8, 4) is 11.3 Å². The molecule has 5 heteroatoms. The van der Waals surface area contributed by atoms with Crippen molar-refractivity contribution in [2.24, 2.45) is 11.8 Å². The van der Waals surface area contributed by atoms with Gasteiger partial charge in [-0.25, -0.2) is 0 Å². The molecule has 1 aliphatic rings. The molecule has 5 aromatic rings. The molecule has 0 saturated carbocycles. The summed E-state index contributed by atoms with van der Waals surface area (Å²) >= 11 is 0. The van der Waals surface area contributed by atoms with Crippen molar-refractivity contribution in [2.75, 3.05) is 0 Å². The van der Waals surface area contributed by atoms with E-state index in [2.05, 4.69) is 111 Å². The Balaban J connectivity index is 0.000000335. The van der Waals surface area contributed by atoms with Crippen LogP contribution in [0.15, 0.2) is 58.7 Å². The fraction of sp³-hybridized carbons (Fsp3) is 0.500. The van der Waals surface area contributed by atoms with E-state index < -0.39 is 0 Å². The van der Waals surface area contributed by atoms with Gasteiger partial charge in [-0.2, -0.15) is 0 Å². The molecule has 0 spiro atoms. The number of pyridine rings is 1. The molecule has 287 valence electrons. The molecule has 0 unspecified atom stereocenters. The number of furan rings is 1. The number of rotatable bonds is 8. The number of benzene rings is 3. The number of aliphatic hydroxyl groups is 1. The van der Waals surface area contributed by atoms with E-state index in [-0.39, 0.29) is 59.7 Å². The van der Waals surface area contributed by atoms with E-state index in [1.54, 1.807) is 0 Å². The Kier molecular flexibility index (Phi) is 13.0. The van der Waals surface area contributed by atoms with Gasteiger partial charge in [0.05, 0.1) is 11.3 Å². The van der Waals surface area contributed by atoms with Gasteiger partial charge in [0.1, 0.15) is 11.3 Å². The van der Waals surface area contributed by atoms with Gasteiger partial charge >= 0.3 is 0 Å². The maximum Gasteiger partial charge on any atom is 0.162 e. The quantitative estimate of drug-likeness (QED) is 0.0958. The van der Waals surface area contributed by atoms with E-state index >= 15 is 0 Å². The van der Waals surface area contributed by atoms with Crippen molar-refractivity contribution in [3.05, 3.63) is 88.4 Å². The molecule has 1 radical (unpaired) electrons. The smallest absolute Gasteiger partial charge is 0.162 e. The van der Waals surface area contributed by atoms with Crippen LogP contribution in [0.2, 0.25) is 0 Å². The second kappa shape index (κ2) is 16.2. The Bertz CT molecular complexity index is 2130. The molecule has 2 aromatic heterocycles. The van der Waals surface area contributed by atoms with E-state index in [0.29, 0.717) is 0 Å². The summed E-state index contributed by atoms with van der Waals surface area (Å²) in [6.45, 7) is 28.7. The number of nitrogens with zero attached hydrogens (tertiary/aromatic N) is 1. The van der Waals surface area contributed by atoms with Crippen molar-refractivity contribution < 1.29 is 34.4 Å². The molecule has 0 amide bonds. The summed E-state index contributed by atoms with van der Waals surface area (Å²) in [5, 5.41) is 14.5. The fourth-order valence-electron chi connectivity index (χ4n) is 8.28. The summed E-state index contributed by atoms with van der Waals surface area (Å²) < 4.78 is 6.97. The number of carbonyl (C=O) groups excluding carboxylic acids is 1. The van der Waals surface area contributed by atoms with E-state index in [9.17, 15) is 9.90 Å². The molecular formula is C48H62IrNO3-. The van der Waals surface area contributed by atoms with E-state index in [1.807, 2.05) is 27.7 Å². The van der Waals surface area contributed by atoms with Crippen LogP contribution in [0, 0.1) is 31.7 Å². The first-order chi connectivity index (χ1) is 24.4. The van der Waals surface area contributed by atoms with Crippen molar-refractivity contribution >= 4 is 38.4 Å². The number of ketones is 1. The van der Waals surface area contributed by atoms with Crippen molar-refractivity contribution in [1.82, 2.24) is 4.98 Å². The van der Waals surface area contributed by atoms with Crippen molar-refractivity contribution in [1.29, 1.82) is 0 Å². The molecule has 0 saturated heterocycles. The molecule has 0 fully saturated rings. The Labute approximate surface area is 332 Å².